The van der Waals surface area contributed by atoms with Crippen molar-refractivity contribution in [1.82, 2.24) is 5.43 Å². The van der Waals surface area contributed by atoms with Gasteiger partial charge in [-0.2, -0.15) is 5.10 Å². The Balaban J connectivity index is 1.44. The van der Waals surface area contributed by atoms with Crippen molar-refractivity contribution in [1.29, 1.82) is 0 Å². The van der Waals surface area contributed by atoms with Crippen LogP contribution in [0.25, 0.3) is 22.3 Å². The van der Waals surface area contributed by atoms with Gasteiger partial charge in [0.1, 0.15) is 17.1 Å². The minimum absolute atomic E-state index is 0.193. The van der Waals surface area contributed by atoms with E-state index < -0.39 is 5.91 Å². The van der Waals surface area contributed by atoms with Crippen LogP contribution in [-0.2, 0) is 0 Å². The number of nitrogens with one attached hydrogen (secondary N) is 1. The van der Waals surface area contributed by atoms with Gasteiger partial charge in [0, 0.05) is 15.4 Å². The van der Waals surface area contributed by atoms with Crippen LogP contribution in [0.4, 0.5) is 0 Å². The largest absolute Gasteiger partial charge is 0.455 e. The molecule has 0 aliphatic heterocycles. The lowest BCUT2D eigenvalue weighted by Crippen LogP contribution is -2.16. The number of fused-ring (bicyclic) bond motifs is 1. The third kappa shape index (κ3) is 3.82. The van der Waals surface area contributed by atoms with E-state index in [9.17, 15) is 4.79 Å². The number of rotatable bonds is 4. The molecule has 7 heteroatoms. The van der Waals surface area contributed by atoms with E-state index in [-0.39, 0.29) is 5.76 Å². The number of nitrogens with zero attached hydrogens (tertiary/aromatic N) is 1. The predicted octanol–water partition coefficient (Wildman–Crippen LogP) is 5.87. The number of benzene rings is 2. The lowest BCUT2D eigenvalue weighted by Gasteiger charge is -1.99. The Morgan fingerprint density at radius 1 is 1.07 bits per heavy atom. The van der Waals surface area contributed by atoms with E-state index in [0.717, 1.165) is 15.4 Å². The molecule has 0 saturated heterocycles. The molecule has 1 N–H and O–H groups in total. The Labute approximate surface area is 167 Å². The summed E-state index contributed by atoms with van der Waals surface area (Å²) in [5.74, 6) is 0.898. The molecule has 1 amide bonds. The van der Waals surface area contributed by atoms with Gasteiger partial charge in [-0.1, -0.05) is 35.9 Å². The number of carbonyl (C=O) groups excluding carboxylic acids is 1. The van der Waals surface area contributed by atoms with E-state index in [4.69, 9.17) is 20.4 Å². The Morgan fingerprint density at radius 2 is 1.93 bits per heavy atom. The molecule has 2 heterocycles. The Bertz CT molecular complexity index is 1130. The van der Waals surface area contributed by atoms with E-state index in [1.165, 1.54) is 6.21 Å². The standard InChI is InChI=1S/C20H12BrClN2O3/c21-15-7-5-13(9-16(15)22)18-8-6-14(26-18)11-23-24-20(25)19-10-12-3-1-2-4-17(12)27-19/h1-11H,(H,24,25)/b23-11+. The maximum absolute atomic E-state index is 12.1. The Morgan fingerprint density at radius 3 is 2.74 bits per heavy atom. The first-order valence-corrected chi connectivity index (χ1v) is 9.14. The van der Waals surface area contributed by atoms with Crippen molar-refractivity contribution in [3.63, 3.8) is 0 Å². The summed E-state index contributed by atoms with van der Waals surface area (Å²) in [6, 6.07) is 18.2. The molecule has 2 aromatic heterocycles. The van der Waals surface area contributed by atoms with Gasteiger partial charge in [0.05, 0.1) is 11.2 Å². The van der Waals surface area contributed by atoms with Crippen molar-refractivity contribution >= 4 is 50.6 Å². The maximum atomic E-state index is 12.1. The second kappa shape index (κ2) is 7.42. The van der Waals surface area contributed by atoms with E-state index in [0.29, 0.717) is 22.1 Å². The fourth-order valence-electron chi connectivity index (χ4n) is 2.53. The summed E-state index contributed by atoms with van der Waals surface area (Å²) in [5, 5.41) is 5.37. The third-order valence-corrected chi connectivity index (χ3v) is 5.07. The van der Waals surface area contributed by atoms with Crippen molar-refractivity contribution < 1.29 is 13.6 Å². The van der Waals surface area contributed by atoms with Crippen molar-refractivity contribution in [2.24, 2.45) is 5.10 Å². The Hall–Kier alpha value is -2.83. The smallest absolute Gasteiger partial charge is 0.307 e. The topological polar surface area (TPSA) is 67.7 Å². The summed E-state index contributed by atoms with van der Waals surface area (Å²) < 4.78 is 12.0. The average Bonchev–Trinajstić information content (AvgIpc) is 3.31. The highest BCUT2D eigenvalue weighted by Crippen LogP contribution is 2.29. The molecule has 0 bridgehead atoms. The van der Waals surface area contributed by atoms with Crippen LogP contribution < -0.4 is 5.43 Å². The number of para-hydroxylation sites is 1. The molecule has 0 saturated carbocycles. The zero-order chi connectivity index (χ0) is 18.8. The van der Waals surface area contributed by atoms with E-state index in [1.54, 1.807) is 24.3 Å². The summed E-state index contributed by atoms with van der Waals surface area (Å²) in [7, 11) is 0. The highest BCUT2D eigenvalue weighted by molar-refractivity contribution is 9.10. The van der Waals surface area contributed by atoms with Gasteiger partial charge in [0.2, 0.25) is 0 Å². The molecular formula is C20H12BrClN2O3. The van der Waals surface area contributed by atoms with Gasteiger partial charge in [0.15, 0.2) is 5.76 Å². The molecule has 5 nitrogen and oxygen atoms in total. The molecule has 0 aliphatic rings. The van der Waals surface area contributed by atoms with Gasteiger partial charge in [-0.25, -0.2) is 5.43 Å². The van der Waals surface area contributed by atoms with E-state index in [1.807, 2.05) is 36.4 Å². The molecule has 134 valence electrons. The molecule has 0 spiro atoms. The molecule has 4 rings (SSSR count). The van der Waals surface area contributed by atoms with Crippen LogP contribution >= 0.6 is 27.5 Å². The van der Waals surface area contributed by atoms with Gasteiger partial charge in [0.25, 0.3) is 0 Å². The lowest BCUT2D eigenvalue weighted by atomic mass is 10.2. The minimum Gasteiger partial charge on any atom is -0.455 e. The van der Waals surface area contributed by atoms with Gasteiger partial charge >= 0.3 is 5.91 Å². The molecule has 0 unspecified atom stereocenters. The van der Waals surface area contributed by atoms with Crippen LogP contribution in [0.3, 0.4) is 0 Å². The summed E-state index contributed by atoms with van der Waals surface area (Å²) in [4.78, 5) is 12.1. The van der Waals surface area contributed by atoms with Crippen LogP contribution in [-0.4, -0.2) is 12.1 Å². The number of furan rings is 2. The quantitative estimate of drug-likeness (QED) is 0.317. The highest BCUT2D eigenvalue weighted by Gasteiger charge is 2.11. The molecule has 27 heavy (non-hydrogen) atoms. The number of halogens is 2. The molecule has 4 aromatic rings. The number of carbonyl (C=O) groups is 1. The predicted molar refractivity (Wildman–Crippen MR) is 108 cm³/mol. The second-order valence-electron chi connectivity index (χ2n) is 5.68. The molecule has 0 aliphatic carbocycles. The zero-order valence-corrected chi connectivity index (χ0v) is 16.1. The molecule has 0 radical (unpaired) electrons. The summed E-state index contributed by atoms with van der Waals surface area (Å²) >= 11 is 9.46. The fourth-order valence-corrected chi connectivity index (χ4v) is 2.96. The maximum Gasteiger partial charge on any atom is 0.307 e. The van der Waals surface area contributed by atoms with Gasteiger partial charge in [-0.15, -0.1) is 0 Å². The van der Waals surface area contributed by atoms with E-state index >= 15 is 0 Å². The van der Waals surface area contributed by atoms with E-state index in [2.05, 4.69) is 26.5 Å². The van der Waals surface area contributed by atoms with Crippen molar-refractivity contribution in [3.05, 3.63) is 81.7 Å². The first-order chi connectivity index (χ1) is 13.1. The SMILES string of the molecule is O=C(N/N=C/c1ccc(-c2ccc(Br)c(Cl)c2)o1)c1cc2ccccc2o1. The number of amides is 1. The molecular weight excluding hydrogens is 432 g/mol. The van der Waals surface area contributed by atoms with Crippen molar-refractivity contribution in [3.8, 4) is 11.3 Å². The first-order valence-electron chi connectivity index (χ1n) is 7.97. The van der Waals surface area contributed by atoms with Gasteiger partial charge in [-0.3, -0.25) is 4.79 Å². The molecule has 0 atom stereocenters. The number of hydrogen-bond donors (Lipinski definition) is 1. The van der Waals surface area contributed by atoms with Crippen LogP contribution in [0.1, 0.15) is 16.3 Å². The number of hydrogen-bond acceptors (Lipinski definition) is 4. The monoisotopic (exact) mass is 442 g/mol. The minimum atomic E-state index is -0.436. The van der Waals surface area contributed by atoms with Crippen LogP contribution in [0.2, 0.25) is 5.02 Å². The third-order valence-electron chi connectivity index (χ3n) is 3.84. The summed E-state index contributed by atoms with van der Waals surface area (Å²) in [6.07, 6.45) is 1.42. The molecule has 2 aromatic carbocycles. The van der Waals surface area contributed by atoms with Crippen LogP contribution in [0.15, 0.2) is 79.1 Å². The zero-order valence-electron chi connectivity index (χ0n) is 13.8. The Kier molecular flexibility index (Phi) is 4.83. The van der Waals surface area contributed by atoms with Crippen molar-refractivity contribution in [2.45, 2.75) is 0 Å². The van der Waals surface area contributed by atoms with Crippen LogP contribution in [0, 0.1) is 0 Å². The number of hydrazone groups is 1. The first kappa shape index (κ1) is 17.6. The highest BCUT2D eigenvalue weighted by atomic mass is 79.9. The second-order valence-corrected chi connectivity index (χ2v) is 6.94. The summed E-state index contributed by atoms with van der Waals surface area (Å²) in [5.41, 5.74) is 3.91. The van der Waals surface area contributed by atoms with Gasteiger partial charge < -0.3 is 8.83 Å². The van der Waals surface area contributed by atoms with Crippen molar-refractivity contribution in [2.75, 3.05) is 0 Å². The fraction of sp³-hybridized carbons (Fsp3) is 0. The average molecular weight is 444 g/mol. The molecule has 0 fully saturated rings. The van der Waals surface area contributed by atoms with Crippen LogP contribution in [0.5, 0.6) is 0 Å². The normalized spacial score (nSPS) is 11.3. The van der Waals surface area contributed by atoms with Gasteiger partial charge in [-0.05, 0) is 52.3 Å². The summed E-state index contributed by atoms with van der Waals surface area (Å²) in [6.45, 7) is 0. The lowest BCUT2D eigenvalue weighted by molar-refractivity contribution is 0.0929.